The normalized spacial score (nSPS) is 14.9. The summed E-state index contributed by atoms with van der Waals surface area (Å²) in [6.07, 6.45) is -1.32. The number of hydrogen-bond acceptors (Lipinski definition) is 4. The fourth-order valence-corrected chi connectivity index (χ4v) is 0.579. The summed E-state index contributed by atoms with van der Waals surface area (Å²) in [7, 11) is 0. The number of carboxylic acid groups (broad SMARTS) is 1. The summed E-state index contributed by atoms with van der Waals surface area (Å²) in [5, 5.41) is 19.1. The van der Waals surface area contributed by atoms with E-state index in [1.165, 1.54) is 6.92 Å². The molecule has 0 aromatic carbocycles. The molecular weight excluding hydrogens is 164 g/mol. The van der Waals surface area contributed by atoms with E-state index in [1.807, 2.05) is 0 Å². The van der Waals surface area contributed by atoms with Crippen molar-refractivity contribution in [3.8, 4) is 0 Å². The lowest BCUT2D eigenvalue weighted by Crippen LogP contribution is -2.39. The molecule has 6 heteroatoms. The van der Waals surface area contributed by atoms with Gasteiger partial charge in [-0.3, -0.25) is 9.59 Å². The fourth-order valence-electron chi connectivity index (χ4n) is 0.579. The van der Waals surface area contributed by atoms with Crippen LogP contribution in [0.4, 0.5) is 0 Å². The predicted molar refractivity (Wildman–Crippen MR) is 40.1 cm³/mol. The van der Waals surface area contributed by atoms with Crippen molar-refractivity contribution in [2.75, 3.05) is 0 Å². The van der Waals surface area contributed by atoms with Crippen molar-refractivity contribution in [3.05, 3.63) is 0 Å². The molecule has 0 bridgehead atoms. The Kier molecular flexibility index (Phi) is 4.24. The zero-order valence-corrected chi connectivity index (χ0v) is 6.65. The molecule has 0 saturated heterocycles. The number of amides is 1. The molecule has 6 nitrogen and oxygen atoms in total. The van der Waals surface area contributed by atoms with E-state index >= 15 is 0 Å². The Bertz CT molecular complexity index is 180. The summed E-state index contributed by atoms with van der Waals surface area (Å²) in [6.45, 7) is 1.35. The van der Waals surface area contributed by atoms with E-state index in [1.54, 1.807) is 0 Å². The largest absolute Gasteiger partial charge is 0.480 e. The molecule has 5 N–H and O–H groups in total. The maximum atomic E-state index is 10.8. The van der Waals surface area contributed by atoms with E-state index in [2.05, 4.69) is 5.32 Å². The molecule has 0 saturated carbocycles. The van der Waals surface area contributed by atoms with Crippen LogP contribution in [0.15, 0.2) is 0 Å². The van der Waals surface area contributed by atoms with Gasteiger partial charge in [-0.2, -0.15) is 0 Å². The molecule has 2 atom stereocenters. The molecular formula is C6H12N2O4. The summed E-state index contributed by atoms with van der Waals surface area (Å²) < 4.78 is 0. The second-order valence-corrected chi connectivity index (χ2v) is 2.39. The molecule has 0 spiro atoms. The number of aliphatic hydroxyl groups excluding tert-OH is 1. The van der Waals surface area contributed by atoms with Gasteiger partial charge in [-0.1, -0.05) is 0 Å². The van der Waals surface area contributed by atoms with Crippen LogP contribution in [-0.4, -0.2) is 34.4 Å². The van der Waals surface area contributed by atoms with Crippen molar-refractivity contribution >= 4 is 11.9 Å². The van der Waals surface area contributed by atoms with Crippen LogP contribution in [0.2, 0.25) is 0 Å². The van der Waals surface area contributed by atoms with E-state index in [0.29, 0.717) is 0 Å². The third kappa shape index (κ3) is 4.64. The smallest absolute Gasteiger partial charge is 0.321 e. The van der Waals surface area contributed by atoms with Crippen LogP contribution in [0.3, 0.4) is 0 Å². The molecule has 0 fully saturated rings. The Balaban J connectivity index is 3.77. The Hall–Kier alpha value is -1.14. The summed E-state index contributed by atoms with van der Waals surface area (Å²) >= 11 is 0. The molecule has 0 heterocycles. The standard InChI is InChI=1S/C6H12N2O4/c1-3(9)8-5(10)2-4(7)6(11)12/h3-4,9H,2,7H2,1H3,(H,8,10)(H,11,12). The highest BCUT2D eigenvalue weighted by Crippen LogP contribution is 1.88. The fraction of sp³-hybridized carbons (Fsp3) is 0.667. The third-order valence-corrected chi connectivity index (χ3v) is 1.09. The van der Waals surface area contributed by atoms with E-state index in [4.69, 9.17) is 15.9 Å². The number of carbonyl (C=O) groups is 2. The van der Waals surface area contributed by atoms with E-state index in [0.717, 1.165) is 0 Å². The minimum Gasteiger partial charge on any atom is -0.480 e. The average Bonchev–Trinajstić information content (AvgIpc) is 1.84. The van der Waals surface area contributed by atoms with Gasteiger partial charge in [-0.15, -0.1) is 0 Å². The number of rotatable bonds is 4. The van der Waals surface area contributed by atoms with E-state index in [-0.39, 0.29) is 6.42 Å². The van der Waals surface area contributed by atoms with Gasteiger partial charge in [0.1, 0.15) is 12.3 Å². The van der Waals surface area contributed by atoms with Gasteiger partial charge < -0.3 is 21.3 Å². The number of nitrogens with two attached hydrogens (primary N) is 1. The van der Waals surface area contributed by atoms with E-state index in [9.17, 15) is 9.59 Å². The van der Waals surface area contributed by atoms with Crippen LogP contribution in [0, 0.1) is 0 Å². The number of aliphatic carboxylic acids is 1. The minimum absolute atomic E-state index is 0.333. The van der Waals surface area contributed by atoms with Crippen molar-refractivity contribution in [3.63, 3.8) is 0 Å². The third-order valence-electron chi connectivity index (χ3n) is 1.09. The SMILES string of the molecule is CC(O)NC(=O)CC(N)C(=O)O. The predicted octanol–water partition coefficient (Wildman–Crippen LogP) is -1.76. The molecule has 0 aliphatic rings. The Labute approximate surface area is 69.4 Å². The number of aliphatic hydroxyl groups is 1. The van der Waals surface area contributed by atoms with E-state index < -0.39 is 24.1 Å². The van der Waals surface area contributed by atoms with Gasteiger partial charge >= 0.3 is 5.97 Å². The first-order valence-electron chi connectivity index (χ1n) is 3.39. The van der Waals surface area contributed by atoms with Gasteiger partial charge in [0.05, 0.1) is 6.42 Å². The number of nitrogens with one attached hydrogen (secondary N) is 1. The van der Waals surface area contributed by atoms with Crippen LogP contribution in [0.1, 0.15) is 13.3 Å². The maximum Gasteiger partial charge on any atom is 0.321 e. The lowest BCUT2D eigenvalue weighted by molar-refractivity contribution is -0.140. The highest BCUT2D eigenvalue weighted by molar-refractivity contribution is 5.84. The van der Waals surface area contributed by atoms with Gasteiger partial charge in [0.15, 0.2) is 0 Å². The maximum absolute atomic E-state index is 10.8. The van der Waals surface area contributed by atoms with Crippen LogP contribution in [-0.2, 0) is 9.59 Å². The second kappa shape index (κ2) is 4.68. The molecule has 0 radical (unpaired) electrons. The van der Waals surface area contributed by atoms with Crippen LogP contribution < -0.4 is 11.1 Å². The summed E-state index contributed by atoms with van der Waals surface area (Å²) in [4.78, 5) is 20.9. The van der Waals surface area contributed by atoms with Gasteiger partial charge in [-0.05, 0) is 6.92 Å². The highest BCUT2D eigenvalue weighted by Gasteiger charge is 2.16. The van der Waals surface area contributed by atoms with Crippen molar-refractivity contribution in [1.29, 1.82) is 0 Å². The topological polar surface area (TPSA) is 113 Å². The molecule has 0 aromatic rings. The summed E-state index contributed by atoms with van der Waals surface area (Å²) in [5.41, 5.74) is 5.05. The molecule has 1 amide bonds. The number of carboxylic acids is 1. The number of carbonyl (C=O) groups excluding carboxylic acids is 1. The van der Waals surface area contributed by atoms with Crippen LogP contribution in [0.25, 0.3) is 0 Å². The highest BCUT2D eigenvalue weighted by atomic mass is 16.4. The minimum atomic E-state index is -1.24. The van der Waals surface area contributed by atoms with Crippen molar-refractivity contribution < 1.29 is 19.8 Å². The van der Waals surface area contributed by atoms with Crippen molar-refractivity contribution in [2.45, 2.75) is 25.6 Å². The molecule has 70 valence electrons. The van der Waals surface area contributed by atoms with Gasteiger partial charge in [0.25, 0.3) is 0 Å². The first-order chi connectivity index (χ1) is 5.43. The lowest BCUT2D eigenvalue weighted by atomic mass is 10.2. The lowest BCUT2D eigenvalue weighted by Gasteiger charge is -2.09. The summed E-state index contributed by atoms with van der Waals surface area (Å²) in [5.74, 6) is -1.82. The van der Waals surface area contributed by atoms with Gasteiger partial charge in [0.2, 0.25) is 5.91 Å². The van der Waals surface area contributed by atoms with Crippen LogP contribution in [0.5, 0.6) is 0 Å². The Morgan fingerprint density at radius 3 is 2.42 bits per heavy atom. The molecule has 2 unspecified atom stereocenters. The first-order valence-corrected chi connectivity index (χ1v) is 3.39. The first kappa shape index (κ1) is 10.9. The molecule has 0 rings (SSSR count). The quantitative estimate of drug-likeness (QED) is 0.379. The molecule has 0 aliphatic heterocycles. The summed E-state index contributed by atoms with van der Waals surface area (Å²) in [6, 6.07) is -1.22. The molecule has 0 aromatic heterocycles. The molecule has 0 aliphatic carbocycles. The second-order valence-electron chi connectivity index (χ2n) is 2.39. The Morgan fingerprint density at radius 2 is 2.08 bits per heavy atom. The van der Waals surface area contributed by atoms with Crippen molar-refractivity contribution in [2.24, 2.45) is 5.73 Å². The van der Waals surface area contributed by atoms with Crippen LogP contribution >= 0.6 is 0 Å². The van der Waals surface area contributed by atoms with Gasteiger partial charge in [-0.25, -0.2) is 0 Å². The molecule has 12 heavy (non-hydrogen) atoms. The Morgan fingerprint density at radius 1 is 1.58 bits per heavy atom. The monoisotopic (exact) mass is 176 g/mol. The van der Waals surface area contributed by atoms with Gasteiger partial charge in [0, 0.05) is 0 Å². The zero-order valence-electron chi connectivity index (χ0n) is 6.65. The average molecular weight is 176 g/mol. The zero-order chi connectivity index (χ0) is 9.72. The number of hydrogen-bond donors (Lipinski definition) is 4. The van der Waals surface area contributed by atoms with Crippen molar-refractivity contribution in [1.82, 2.24) is 5.32 Å².